The molecule has 4 rings (SSSR count). The number of hydrogen-bond acceptors (Lipinski definition) is 4. The molecule has 0 atom stereocenters. The third-order valence-electron chi connectivity index (χ3n) is 5.06. The van der Waals surface area contributed by atoms with Crippen molar-refractivity contribution in [3.05, 3.63) is 54.1 Å². The molecule has 1 spiro atoms. The highest BCUT2D eigenvalue weighted by Crippen LogP contribution is 2.33. The minimum atomic E-state index is -0.387. The largest absolute Gasteiger partial charge is 0.457 e. The molecule has 2 aliphatic rings. The number of ether oxygens (including phenoxy) is 2. The van der Waals surface area contributed by atoms with E-state index in [2.05, 4.69) is 10.2 Å². The van der Waals surface area contributed by atoms with Crippen molar-refractivity contribution in [3.8, 4) is 11.5 Å². The van der Waals surface area contributed by atoms with E-state index in [0.29, 0.717) is 11.5 Å². The first-order valence-electron chi connectivity index (χ1n) is 8.96. The molecular formula is C20H23ClF2N2O2. The van der Waals surface area contributed by atoms with Gasteiger partial charge in [-0.1, -0.05) is 6.07 Å². The summed E-state index contributed by atoms with van der Waals surface area (Å²) in [5, 5.41) is 3.40. The Hall–Kier alpha value is -1.89. The smallest absolute Gasteiger partial charge is 0.132 e. The molecule has 27 heavy (non-hydrogen) atoms. The zero-order valence-corrected chi connectivity index (χ0v) is 15.7. The molecular weight excluding hydrogens is 374 g/mol. The number of anilines is 1. The standard InChI is InChI=1S/C20H22F2N2O2.ClH/c21-15-2-1-3-18(11-15)26-19-12-16(22)10-17(13-19)24-7-4-20(5-8-24)14-23-6-9-25-20;/h1-3,10-13,23H,4-9,14H2;1H. The predicted octanol–water partition coefficient (Wildman–Crippen LogP) is 4.14. The third kappa shape index (κ3) is 4.69. The van der Waals surface area contributed by atoms with E-state index in [1.54, 1.807) is 18.2 Å². The maximum absolute atomic E-state index is 14.1. The molecule has 2 aromatic rings. The molecule has 1 N–H and O–H groups in total. The van der Waals surface area contributed by atoms with Crippen LogP contribution < -0.4 is 15.0 Å². The molecule has 0 aliphatic carbocycles. The summed E-state index contributed by atoms with van der Waals surface area (Å²) in [6, 6.07) is 10.5. The van der Waals surface area contributed by atoms with Gasteiger partial charge < -0.3 is 19.7 Å². The van der Waals surface area contributed by atoms with Gasteiger partial charge in [0.05, 0.1) is 12.2 Å². The van der Waals surface area contributed by atoms with Crippen molar-refractivity contribution in [2.24, 2.45) is 0 Å². The van der Waals surface area contributed by atoms with Crippen LogP contribution in [-0.2, 0) is 4.74 Å². The Labute approximate surface area is 163 Å². The monoisotopic (exact) mass is 396 g/mol. The molecule has 2 heterocycles. The Morgan fingerprint density at radius 3 is 2.48 bits per heavy atom. The summed E-state index contributed by atoms with van der Waals surface area (Å²) in [5.41, 5.74) is 0.679. The second kappa shape index (κ2) is 8.42. The van der Waals surface area contributed by atoms with E-state index < -0.39 is 0 Å². The normalized spacial score (nSPS) is 18.8. The van der Waals surface area contributed by atoms with Gasteiger partial charge in [-0.2, -0.15) is 0 Å². The lowest BCUT2D eigenvalue weighted by atomic mass is 9.90. The van der Waals surface area contributed by atoms with Crippen LogP contribution in [0.4, 0.5) is 14.5 Å². The molecule has 0 saturated carbocycles. The zero-order valence-electron chi connectivity index (χ0n) is 14.9. The van der Waals surface area contributed by atoms with Crippen molar-refractivity contribution < 1.29 is 18.3 Å². The van der Waals surface area contributed by atoms with E-state index in [1.807, 2.05) is 0 Å². The van der Waals surface area contributed by atoms with Crippen molar-refractivity contribution in [2.75, 3.05) is 37.7 Å². The average Bonchev–Trinajstić information content (AvgIpc) is 2.62. The topological polar surface area (TPSA) is 33.7 Å². The summed E-state index contributed by atoms with van der Waals surface area (Å²) in [7, 11) is 0. The molecule has 4 nitrogen and oxygen atoms in total. The molecule has 0 amide bonds. The third-order valence-corrected chi connectivity index (χ3v) is 5.06. The van der Waals surface area contributed by atoms with Gasteiger partial charge in [0.15, 0.2) is 0 Å². The first kappa shape index (κ1) is 19.9. The zero-order chi connectivity index (χ0) is 18.0. The van der Waals surface area contributed by atoms with Crippen LogP contribution in [0.15, 0.2) is 42.5 Å². The number of nitrogens with one attached hydrogen (secondary N) is 1. The van der Waals surface area contributed by atoms with Crippen molar-refractivity contribution in [3.63, 3.8) is 0 Å². The van der Waals surface area contributed by atoms with Gasteiger partial charge in [0.1, 0.15) is 23.1 Å². The number of nitrogens with zero attached hydrogens (tertiary/aromatic N) is 1. The van der Waals surface area contributed by atoms with E-state index in [-0.39, 0.29) is 29.6 Å². The van der Waals surface area contributed by atoms with Crippen molar-refractivity contribution in [2.45, 2.75) is 18.4 Å². The van der Waals surface area contributed by atoms with Gasteiger partial charge >= 0.3 is 0 Å². The quantitative estimate of drug-likeness (QED) is 0.845. The maximum Gasteiger partial charge on any atom is 0.132 e. The van der Waals surface area contributed by atoms with Crippen molar-refractivity contribution in [1.29, 1.82) is 0 Å². The van der Waals surface area contributed by atoms with Crippen molar-refractivity contribution >= 4 is 18.1 Å². The first-order chi connectivity index (χ1) is 12.6. The fourth-order valence-electron chi connectivity index (χ4n) is 3.66. The van der Waals surface area contributed by atoms with Gasteiger partial charge in [-0.15, -0.1) is 12.4 Å². The molecule has 2 aromatic carbocycles. The first-order valence-corrected chi connectivity index (χ1v) is 8.96. The molecule has 0 unspecified atom stereocenters. The average molecular weight is 397 g/mol. The second-order valence-corrected chi connectivity index (χ2v) is 6.90. The number of hydrogen-bond donors (Lipinski definition) is 1. The van der Waals surface area contributed by atoms with E-state index in [0.717, 1.165) is 51.3 Å². The fourth-order valence-corrected chi connectivity index (χ4v) is 3.66. The minimum absolute atomic E-state index is 0. The summed E-state index contributed by atoms with van der Waals surface area (Å²) in [4.78, 5) is 2.14. The predicted molar refractivity (Wildman–Crippen MR) is 103 cm³/mol. The highest BCUT2D eigenvalue weighted by Gasteiger charge is 2.37. The van der Waals surface area contributed by atoms with Crippen LogP contribution in [0.5, 0.6) is 11.5 Å². The molecule has 0 radical (unpaired) electrons. The molecule has 0 aromatic heterocycles. The summed E-state index contributed by atoms with van der Waals surface area (Å²) in [5.74, 6) is -0.0476. The highest BCUT2D eigenvalue weighted by atomic mass is 35.5. The highest BCUT2D eigenvalue weighted by molar-refractivity contribution is 5.85. The minimum Gasteiger partial charge on any atom is -0.457 e. The van der Waals surface area contributed by atoms with Gasteiger partial charge in [0.25, 0.3) is 0 Å². The van der Waals surface area contributed by atoms with Gasteiger partial charge in [-0.05, 0) is 31.0 Å². The van der Waals surface area contributed by atoms with Gasteiger partial charge in [0.2, 0.25) is 0 Å². The van der Waals surface area contributed by atoms with Crippen LogP contribution in [0, 0.1) is 11.6 Å². The van der Waals surface area contributed by atoms with E-state index in [1.165, 1.54) is 24.3 Å². The van der Waals surface area contributed by atoms with E-state index in [4.69, 9.17) is 9.47 Å². The lowest BCUT2D eigenvalue weighted by molar-refractivity contribution is -0.0799. The Morgan fingerprint density at radius 2 is 1.78 bits per heavy atom. The number of morpholine rings is 1. The van der Waals surface area contributed by atoms with Crippen LogP contribution in [-0.4, -0.2) is 38.4 Å². The lowest BCUT2D eigenvalue weighted by Crippen LogP contribution is -2.55. The number of benzene rings is 2. The van der Waals surface area contributed by atoms with Gasteiger partial charge in [-0.25, -0.2) is 8.78 Å². The number of halogens is 3. The van der Waals surface area contributed by atoms with Crippen LogP contribution in [0.25, 0.3) is 0 Å². The lowest BCUT2D eigenvalue weighted by Gasteiger charge is -2.44. The Balaban J connectivity index is 0.00000210. The van der Waals surface area contributed by atoms with E-state index >= 15 is 0 Å². The summed E-state index contributed by atoms with van der Waals surface area (Å²) >= 11 is 0. The summed E-state index contributed by atoms with van der Waals surface area (Å²) < 4.78 is 39.1. The summed E-state index contributed by atoms with van der Waals surface area (Å²) in [6.45, 7) is 4.11. The summed E-state index contributed by atoms with van der Waals surface area (Å²) in [6.07, 6.45) is 1.80. The number of rotatable bonds is 3. The second-order valence-electron chi connectivity index (χ2n) is 6.90. The van der Waals surface area contributed by atoms with Gasteiger partial charge in [-0.3, -0.25) is 0 Å². The molecule has 146 valence electrons. The molecule has 7 heteroatoms. The van der Waals surface area contributed by atoms with Crippen LogP contribution in [0.3, 0.4) is 0 Å². The molecule has 2 aliphatic heterocycles. The molecule has 0 bridgehead atoms. The SMILES string of the molecule is Cl.Fc1cccc(Oc2cc(F)cc(N3CCC4(CC3)CNCCO4)c2)c1. The van der Waals surface area contributed by atoms with Crippen LogP contribution in [0.2, 0.25) is 0 Å². The number of piperidine rings is 1. The van der Waals surface area contributed by atoms with Crippen LogP contribution >= 0.6 is 12.4 Å². The Kier molecular flexibility index (Phi) is 6.19. The van der Waals surface area contributed by atoms with Crippen LogP contribution in [0.1, 0.15) is 12.8 Å². The Bertz CT molecular complexity index is 774. The molecule has 2 fully saturated rings. The van der Waals surface area contributed by atoms with E-state index in [9.17, 15) is 8.78 Å². The van der Waals surface area contributed by atoms with Crippen molar-refractivity contribution in [1.82, 2.24) is 5.32 Å². The maximum atomic E-state index is 14.1. The van der Waals surface area contributed by atoms with Gasteiger partial charge in [0, 0.05) is 50.1 Å². The Morgan fingerprint density at radius 1 is 1.00 bits per heavy atom. The molecule has 2 saturated heterocycles. The fraction of sp³-hybridized carbons (Fsp3) is 0.400.